The number of aromatic amines is 1. The second kappa shape index (κ2) is 7.62. The van der Waals surface area contributed by atoms with Gasteiger partial charge in [-0.05, 0) is 19.4 Å². The number of fused-ring (bicyclic) bond motifs is 1. The van der Waals surface area contributed by atoms with Crippen molar-refractivity contribution in [3.63, 3.8) is 0 Å². The third kappa shape index (κ3) is 3.55. The van der Waals surface area contributed by atoms with Crippen LogP contribution in [0.2, 0.25) is 0 Å². The summed E-state index contributed by atoms with van der Waals surface area (Å²) in [6, 6.07) is 8.09. The molecule has 2 aliphatic heterocycles. The van der Waals surface area contributed by atoms with Crippen molar-refractivity contribution in [3.8, 4) is 0 Å². The number of benzene rings is 1. The summed E-state index contributed by atoms with van der Waals surface area (Å²) in [6.07, 6.45) is 3.37. The summed E-state index contributed by atoms with van der Waals surface area (Å²) in [6.45, 7) is 6.16. The molecule has 0 saturated carbocycles. The minimum absolute atomic E-state index is 0.135. The highest BCUT2D eigenvalue weighted by Gasteiger charge is 2.41. The van der Waals surface area contributed by atoms with E-state index in [1.165, 1.54) is 4.52 Å². The number of hydrogen-bond donors (Lipinski definition) is 1. The summed E-state index contributed by atoms with van der Waals surface area (Å²) in [5.41, 5.74) is 4.08. The number of amides is 1. The van der Waals surface area contributed by atoms with Crippen LogP contribution < -0.4 is 5.56 Å². The maximum atomic E-state index is 13.2. The molecular formula is C23H26N4O4. The first-order chi connectivity index (χ1) is 15.0. The van der Waals surface area contributed by atoms with E-state index in [-0.39, 0.29) is 11.5 Å². The van der Waals surface area contributed by atoms with Crippen LogP contribution in [-0.2, 0) is 15.9 Å². The second-order valence-electron chi connectivity index (χ2n) is 8.39. The molecule has 0 aliphatic carbocycles. The smallest absolute Gasteiger partial charge is 0.276 e. The van der Waals surface area contributed by atoms with Crippen molar-refractivity contribution in [1.82, 2.24) is 19.5 Å². The van der Waals surface area contributed by atoms with E-state index in [1.807, 2.05) is 32.0 Å². The Morgan fingerprint density at radius 2 is 1.94 bits per heavy atom. The van der Waals surface area contributed by atoms with Crippen LogP contribution in [0, 0.1) is 13.8 Å². The van der Waals surface area contributed by atoms with Gasteiger partial charge < -0.3 is 14.4 Å². The molecule has 1 spiro atoms. The minimum atomic E-state index is -0.534. The lowest BCUT2D eigenvalue weighted by Gasteiger charge is -2.37. The maximum absolute atomic E-state index is 13.2. The molecule has 0 atom stereocenters. The van der Waals surface area contributed by atoms with Crippen LogP contribution in [0.15, 0.2) is 35.3 Å². The van der Waals surface area contributed by atoms with Crippen LogP contribution in [0.25, 0.3) is 5.65 Å². The Kier molecular flexibility index (Phi) is 4.91. The van der Waals surface area contributed by atoms with Crippen molar-refractivity contribution in [2.24, 2.45) is 0 Å². The number of carbonyl (C=O) groups excluding carboxylic acids is 1. The first-order valence-electron chi connectivity index (χ1n) is 10.7. The van der Waals surface area contributed by atoms with E-state index >= 15 is 0 Å². The van der Waals surface area contributed by atoms with Crippen molar-refractivity contribution < 1.29 is 14.3 Å². The fourth-order valence-corrected chi connectivity index (χ4v) is 4.55. The Balaban J connectivity index is 1.42. The van der Waals surface area contributed by atoms with Gasteiger partial charge in [0.2, 0.25) is 0 Å². The molecule has 31 heavy (non-hydrogen) atoms. The van der Waals surface area contributed by atoms with E-state index in [0.29, 0.717) is 68.0 Å². The fraction of sp³-hybridized carbons (Fsp3) is 0.435. The Hall–Kier alpha value is -2.97. The molecule has 8 heteroatoms. The van der Waals surface area contributed by atoms with Gasteiger partial charge in [-0.3, -0.25) is 14.7 Å². The highest BCUT2D eigenvalue weighted by atomic mass is 16.7. The van der Waals surface area contributed by atoms with Gasteiger partial charge in [0.15, 0.2) is 11.4 Å². The SMILES string of the molecule is Cc1cccc(Cc2c(C)nc3c(C(=O)N4CCC5(CC4)OCCO5)c[nH]n3c2=O)c1. The quantitative estimate of drug-likeness (QED) is 0.699. The lowest BCUT2D eigenvalue weighted by molar-refractivity contribution is -0.181. The summed E-state index contributed by atoms with van der Waals surface area (Å²) in [5.74, 6) is -0.669. The van der Waals surface area contributed by atoms with Crippen molar-refractivity contribution >= 4 is 11.6 Å². The van der Waals surface area contributed by atoms with E-state index in [9.17, 15) is 9.59 Å². The van der Waals surface area contributed by atoms with Gasteiger partial charge in [-0.25, -0.2) is 9.50 Å². The fourth-order valence-electron chi connectivity index (χ4n) is 4.55. The van der Waals surface area contributed by atoms with E-state index in [2.05, 4.69) is 16.1 Å². The number of likely N-dealkylation sites (tertiary alicyclic amines) is 1. The molecule has 2 aromatic heterocycles. The maximum Gasteiger partial charge on any atom is 0.276 e. The number of rotatable bonds is 3. The molecule has 0 unspecified atom stereocenters. The number of ether oxygens (including phenoxy) is 2. The zero-order valence-electron chi connectivity index (χ0n) is 17.8. The number of piperidine rings is 1. The van der Waals surface area contributed by atoms with Gasteiger partial charge in [0, 0.05) is 49.8 Å². The van der Waals surface area contributed by atoms with Gasteiger partial charge >= 0.3 is 0 Å². The lowest BCUT2D eigenvalue weighted by atomic mass is 10.0. The number of nitrogens with zero attached hydrogens (tertiary/aromatic N) is 3. The molecule has 5 rings (SSSR count). The molecule has 2 saturated heterocycles. The molecule has 4 heterocycles. The Morgan fingerprint density at radius 1 is 1.19 bits per heavy atom. The number of aryl methyl sites for hydroxylation is 2. The van der Waals surface area contributed by atoms with Crippen molar-refractivity contribution in [2.45, 2.75) is 38.9 Å². The van der Waals surface area contributed by atoms with Crippen molar-refractivity contribution in [3.05, 3.63) is 68.8 Å². The molecule has 1 aromatic carbocycles. The van der Waals surface area contributed by atoms with E-state index in [0.717, 1.165) is 11.1 Å². The number of nitrogens with one attached hydrogen (secondary N) is 1. The predicted octanol–water partition coefficient (Wildman–Crippen LogP) is 2.21. The topological polar surface area (TPSA) is 88.9 Å². The average molecular weight is 422 g/mol. The van der Waals surface area contributed by atoms with Crippen LogP contribution in [-0.4, -0.2) is 57.5 Å². The molecular weight excluding hydrogens is 396 g/mol. The Morgan fingerprint density at radius 3 is 2.65 bits per heavy atom. The molecule has 0 bridgehead atoms. The first kappa shape index (κ1) is 20.0. The van der Waals surface area contributed by atoms with Gasteiger partial charge in [0.1, 0.15) is 5.56 Å². The van der Waals surface area contributed by atoms with Gasteiger partial charge in [-0.15, -0.1) is 0 Å². The lowest BCUT2D eigenvalue weighted by Crippen LogP contribution is -2.47. The third-order valence-corrected chi connectivity index (χ3v) is 6.28. The second-order valence-corrected chi connectivity index (χ2v) is 8.39. The van der Waals surface area contributed by atoms with Gasteiger partial charge in [0.25, 0.3) is 11.5 Å². The van der Waals surface area contributed by atoms with E-state index in [4.69, 9.17) is 9.47 Å². The summed E-state index contributed by atoms with van der Waals surface area (Å²) < 4.78 is 12.9. The summed E-state index contributed by atoms with van der Waals surface area (Å²) in [4.78, 5) is 32.8. The summed E-state index contributed by atoms with van der Waals surface area (Å²) in [5, 5.41) is 2.93. The van der Waals surface area contributed by atoms with E-state index in [1.54, 1.807) is 11.1 Å². The van der Waals surface area contributed by atoms with Crippen LogP contribution >= 0.6 is 0 Å². The molecule has 2 fully saturated rings. The molecule has 3 aromatic rings. The van der Waals surface area contributed by atoms with E-state index < -0.39 is 5.79 Å². The van der Waals surface area contributed by atoms with Crippen molar-refractivity contribution in [2.75, 3.05) is 26.3 Å². The molecule has 1 amide bonds. The minimum Gasteiger partial charge on any atom is -0.347 e. The van der Waals surface area contributed by atoms with Crippen LogP contribution in [0.3, 0.4) is 0 Å². The molecule has 0 radical (unpaired) electrons. The normalized spacial score (nSPS) is 18.2. The van der Waals surface area contributed by atoms with Crippen LogP contribution in [0.4, 0.5) is 0 Å². The zero-order valence-corrected chi connectivity index (χ0v) is 17.8. The zero-order chi connectivity index (χ0) is 21.6. The monoisotopic (exact) mass is 422 g/mol. The molecule has 8 nitrogen and oxygen atoms in total. The summed E-state index contributed by atoms with van der Waals surface area (Å²) >= 11 is 0. The average Bonchev–Trinajstić information content (AvgIpc) is 3.39. The number of aromatic nitrogens is 3. The van der Waals surface area contributed by atoms with Crippen LogP contribution in [0.1, 0.15) is 45.6 Å². The third-order valence-electron chi connectivity index (χ3n) is 6.28. The molecule has 2 aliphatic rings. The predicted molar refractivity (Wildman–Crippen MR) is 114 cm³/mol. The van der Waals surface area contributed by atoms with Gasteiger partial charge in [-0.1, -0.05) is 29.8 Å². The number of H-pyrrole nitrogens is 1. The Labute approximate surface area is 179 Å². The standard InChI is InChI=1S/C23H26N4O4/c1-15-4-3-5-17(12-15)13-18-16(2)25-20-19(14-24-27(20)22(18)29)21(28)26-8-6-23(7-9-26)30-10-11-31-23/h3-5,12,14,24H,6-11,13H2,1-2H3. The first-order valence-corrected chi connectivity index (χ1v) is 10.7. The number of carbonyl (C=O) groups is 1. The van der Waals surface area contributed by atoms with Crippen molar-refractivity contribution in [1.29, 1.82) is 0 Å². The largest absolute Gasteiger partial charge is 0.347 e. The Bertz CT molecular complexity index is 1200. The van der Waals surface area contributed by atoms with Crippen LogP contribution in [0.5, 0.6) is 0 Å². The van der Waals surface area contributed by atoms with Gasteiger partial charge in [0.05, 0.1) is 13.2 Å². The highest BCUT2D eigenvalue weighted by Crippen LogP contribution is 2.32. The van der Waals surface area contributed by atoms with Gasteiger partial charge in [-0.2, -0.15) is 0 Å². The highest BCUT2D eigenvalue weighted by molar-refractivity contribution is 5.99. The summed E-state index contributed by atoms with van der Waals surface area (Å²) in [7, 11) is 0. The molecule has 162 valence electrons. The molecule has 1 N–H and O–H groups in total. The number of hydrogen-bond acceptors (Lipinski definition) is 5.